The Labute approximate surface area is 82.2 Å². The van der Waals surface area contributed by atoms with Crippen LogP contribution in [0.5, 0.6) is 0 Å². The maximum absolute atomic E-state index is 11.1. The number of ether oxygens (including phenoxy) is 1. The number of esters is 1. The van der Waals surface area contributed by atoms with Crippen LogP contribution < -0.4 is 0 Å². The molecule has 0 rings (SSSR count). The molecule has 0 aromatic carbocycles. The van der Waals surface area contributed by atoms with Gasteiger partial charge in [0.05, 0.1) is 7.11 Å². The van der Waals surface area contributed by atoms with Gasteiger partial charge in [0.2, 0.25) is 0 Å². The van der Waals surface area contributed by atoms with Crippen molar-refractivity contribution in [2.75, 3.05) is 14.2 Å². The number of carbonyl (C=O) groups excluding carboxylic acids is 1. The van der Waals surface area contributed by atoms with Crippen LogP contribution >= 0.6 is 10.7 Å². The zero-order chi connectivity index (χ0) is 10.9. The van der Waals surface area contributed by atoms with Crippen molar-refractivity contribution in [1.82, 2.24) is 4.31 Å². The molecule has 0 atom stereocenters. The fourth-order valence-electron chi connectivity index (χ4n) is 0.651. The first kappa shape index (κ1) is 12.7. The Morgan fingerprint density at radius 3 is 2.08 bits per heavy atom. The predicted molar refractivity (Wildman–Crippen MR) is 48.6 cm³/mol. The molecule has 0 aliphatic rings. The molecule has 13 heavy (non-hydrogen) atoms. The van der Waals surface area contributed by atoms with E-state index < -0.39 is 20.7 Å². The number of hydrogen-bond acceptors (Lipinski definition) is 4. The summed E-state index contributed by atoms with van der Waals surface area (Å²) >= 11 is 0. The van der Waals surface area contributed by atoms with Crippen LogP contribution in [0.4, 0.5) is 0 Å². The second-order valence-electron chi connectivity index (χ2n) is 2.96. The SMILES string of the molecule is COC(=O)C(C)(C)N(C)S(=O)(=O)Cl. The summed E-state index contributed by atoms with van der Waals surface area (Å²) in [4.78, 5) is 11.1. The van der Waals surface area contributed by atoms with Gasteiger partial charge < -0.3 is 4.74 Å². The smallest absolute Gasteiger partial charge is 0.326 e. The van der Waals surface area contributed by atoms with E-state index >= 15 is 0 Å². The fraction of sp³-hybridized carbons (Fsp3) is 0.833. The zero-order valence-corrected chi connectivity index (χ0v) is 9.44. The van der Waals surface area contributed by atoms with Gasteiger partial charge in [0.15, 0.2) is 0 Å². The van der Waals surface area contributed by atoms with E-state index in [1.165, 1.54) is 28.0 Å². The molecule has 0 aromatic rings. The molecular weight excluding hydrogens is 218 g/mol. The number of methoxy groups -OCH3 is 1. The lowest BCUT2D eigenvalue weighted by Crippen LogP contribution is -2.49. The topological polar surface area (TPSA) is 63.7 Å². The molecule has 0 fully saturated rings. The average molecular weight is 230 g/mol. The number of halogens is 1. The molecular formula is C6H12ClNO4S. The Morgan fingerprint density at radius 1 is 1.46 bits per heavy atom. The van der Waals surface area contributed by atoms with Crippen LogP contribution in [0.15, 0.2) is 0 Å². The summed E-state index contributed by atoms with van der Waals surface area (Å²) in [6.07, 6.45) is 0. The summed E-state index contributed by atoms with van der Waals surface area (Å²) in [6, 6.07) is 0. The lowest BCUT2D eigenvalue weighted by molar-refractivity contribution is -0.149. The standard InChI is InChI=1S/C6H12ClNO4S/c1-6(2,5(9)12-4)8(3)13(7,10)11/h1-4H3. The Hall–Kier alpha value is -0.330. The van der Waals surface area contributed by atoms with E-state index in [0.717, 1.165) is 4.31 Å². The lowest BCUT2D eigenvalue weighted by atomic mass is 10.1. The minimum atomic E-state index is -3.91. The van der Waals surface area contributed by atoms with E-state index in [-0.39, 0.29) is 0 Å². The van der Waals surface area contributed by atoms with Gasteiger partial charge in [-0.3, -0.25) is 4.79 Å². The molecule has 0 saturated heterocycles. The van der Waals surface area contributed by atoms with E-state index in [1.54, 1.807) is 0 Å². The Morgan fingerprint density at radius 2 is 1.85 bits per heavy atom. The monoisotopic (exact) mass is 229 g/mol. The second kappa shape index (κ2) is 3.81. The van der Waals surface area contributed by atoms with Gasteiger partial charge in [0.25, 0.3) is 0 Å². The summed E-state index contributed by atoms with van der Waals surface area (Å²) in [5.41, 5.74) is -1.30. The predicted octanol–water partition coefficient (Wildman–Crippen LogP) is 0.353. The van der Waals surface area contributed by atoms with Gasteiger partial charge in [-0.1, -0.05) is 0 Å². The van der Waals surface area contributed by atoms with Crippen molar-refractivity contribution >= 4 is 25.9 Å². The van der Waals surface area contributed by atoms with Gasteiger partial charge >= 0.3 is 15.2 Å². The van der Waals surface area contributed by atoms with Gasteiger partial charge in [0.1, 0.15) is 5.54 Å². The normalized spacial score (nSPS) is 13.1. The molecule has 0 saturated carbocycles. The van der Waals surface area contributed by atoms with Gasteiger partial charge in [-0.2, -0.15) is 12.7 Å². The highest BCUT2D eigenvalue weighted by Crippen LogP contribution is 2.20. The lowest BCUT2D eigenvalue weighted by Gasteiger charge is -2.29. The summed E-state index contributed by atoms with van der Waals surface area (Å²) < 4.78 is 26.9. The molecule has 0 unspecified atom stereocenters. The third-order valence-electron chi connectivity index (χ3n) is 1.80. The molecule has 0 aliphatic heterocycles. The molecule has 0 amide bonds. The fourth-order valence-corrected chi connectivity index (χ4v) is 1.79. The van der Waals surface area contributed by atoms with Crippen molar-refractivity contribution in [3.63, 3.8) is 0 Å². The molecule has 0 radical (unpaired) electrons. The average Bonchev–Trinajstić information content (AvgIpc) is 1.99. The highest BCUT2D eigenvalue weighted by molar-refractivity contribution is 8.11. The van der Waals surface area contributed by atoms with E-state index in [1.807, 2.05) is 0 Å². The molecule has 7 heteroatoms. The summed E-state index contributed by atoms with van der Waals surface area (Å²) in [5.74, 6) is -0.667. The maximum atomic E-state index is 11.1. The number of rotatable bonds is 3. The first-order valence-electron chi connectivity index (χ1n) is 3.41. The van der Waals surface area contributed by atoms with Crippen molar-refractivity contribution in [2.24, 2.45) is 0 Å². The third-order valence-corrected chi connectivity index (χ3v) is 3.53. The van der Waals surface area contributed by atoms with E-state index in [9.17, 15) is 13.2 Å². The van der Waals surface area contributed by atoms with Gasteiger partial charge in [0, 0.05) is 17.7 Å². The van der Waals surface area contributed by atoms with Crippen molar-refractivity contribution in [2.45, 2.75) is 19.4 Å². The van der Waals surface area contributed by atoms with Crippen LogP contribution in [0.3, 0.4) is 0 Å². The minimum Gasteiger partial charge on any atom is -0.468 e. The summed E-state index contributed by atoms with van der Waals surface area (Å²) in [6.45, 7) is 2.80. The molecule has 0 bridgehead atoms. The molecule has 78 valence electrons. The highest BCUT2D eigenvalue weighted by atomic mass is 35.7. The zero-order valence-electron chi connectivity index (χ0n) is 7.87. The molecule has 0 heterocycles. The minimum absolute atomic E-state index is 0.667. The van der Waals surface area contributed by atoms with Crippen LogP contribution in [0, 0.1) is 0 Å². The first-order chi connectivity index (χ1) is 5.64. The summed E-state index contributed by atoms with van der Waals surface area (Å²) in [5, 5.41) is 0. The van der Waals surface area contributed by atoms with Crippen LogP contribution in [-0.2, 0) is 18.8 Å². The van der Waals surface area contributed by atoms with Gasteiger partial charge in [-0.25, -0.2) is 0 Å². The summed E-state index contributed by atoms with van der Waals surface area (Å²) in [7, 11) is 3.54. The second-order valence-corrected chi connectivity index (χ2v) is 5.50. The van der Waals surface area contributed by atoms with Crippen molar-refractivity contribution in [3.8, 4) is 0 Å². The molecule has 0 spiro atoms. The number of likely N-dealkylation sites (N-methyl/N-ethyl adjacent to an activating group) is 1. The van der Waals surface area contributed by atoms with Crippen molar-refractivity contribution in [3.05, 3.63) is 0 Å². The molecule has 5 nitrogen and oxygen atoms in total. The van der Waals surface area contributed by atoms with Crippen LogP contribution in [0.25, 0.3) is 0 Å². The Bertz CT molecular complexity index is 298. The molecule has 0 aliphatic carbocycles. The third kappa shape index (κ3) is 2.82. The maximum Gasteiger partial charge on any atom is 0.326 e. The largest absolute Gasteiger partial charge is 0.468 e. The Kier molecular flexibility index (Phi) is 3.71. The number of carbonyl (C=O) groups is 1. The van der Waals surface area contributed by atoms with Gasteiger partial charge in [-0.05, 0) is 13.8 Å². The van der Waals surface area contributed by atoms with Crippen molar-refractivity contribution in [1.29, 1.82) is 0 Å². The quantitative estimate of drug-likeness (QED) is 0.518. The molecule has 0 N–H and O–H groups in total. The van der Waals surface area contributed by atoms with E-state index in [4.69, 9.17) is 10.7 Å². The van der Waals surface area contributed by atoms with E-state index in [2.05, 4.69) is 4.74 Å². The highest BCUT2D eigenvalue weighted by Gasteiger charge is 2.39. The van der Waals surface area contributed by atoms with Crippen LogP contribution in [0.2, 0.25) is 0 Å². The first-order valence-corrected chi connectivity index (χ1v) is 5.67. The number of hydrogen-bond donors (Lipinski definition) is 0. The number of nitrogens with zero attached hydrogens (tertiary/aromatic N) is 1. The van der Waals surface area contributed by atoms with Crippen LogP contribution in [-0.4, -0.2) is 38.4 Å². The van der Waals surface area contributed by atoms with E-state index in [0.29, 0.717) is 0 Å². The van der Waals surface area contributed by atoms with Gasteiger partial charge in [-0.15, -0.1) is 0 Å². The Balaban J connectivity index is 4.96. The van der Waals surface area contributed by atoms with Crippen molar-refractivity contribution < 1.29 is 17.9 Å². The van der Waals surface area contributed by atoms with Crippen LogP contribution in [0.1, 0.15) is 13.8 Å². The molecule has 0 aromatic heterocycles.